The van der Waals surface area contributed by atoms with Crippen LogP contribution in [0.3, 0.4) is 0 Å². The van der Waals surface area contributed by atoms with Gasteiger partial charge in [0.2, 0.25) is 0 Å². The molecule has 1 rings (SSSR count). The van der Waals surface area contributed by atoms with Gasteiger partial charge in [0.25, 0.3) is 0 Å². The van der Waals surface area contributed by atoms with Gasteiger partial charge in [-0.2, -0.15) is 0 Å². The van der Waals surface area contributed by atoms with Crippen molar-refractivity contribution >= 4 is 0 Å². The molecule has 2 heteroatoms. The van der Waals surface area contributed by atoms with Gasteiger partial charge in [0.1, 0.15) is 0 Å². The van der Waals surface area contributed by atoms with E-state index in [1.54, 1.807) is 0 Å². The lowest BCUT2D eigenvalue weighted by Crippen LogP contribution is -2.32. The van der Waals surface area contributed by atoms with E-state index in [-0.39, 0.29) is 0 Å². The molecule has 74 valence electrons. The first kappa shape index (κ1) is 11.9. The number of hydrogen-bond acceptors (Lipinski definition) is 2. The van der Waals surface area contributed by atoms with Crippen LogP contribution in [0.25, 0.3) is 0 Å². The van der Waals surface area contributed by atoms with Crippen LogP contribution in [-0.4, -0.2) is 17.8 Å². The number of hydrogen-bond donors (Lipinski definition) is 2. The van der Waals surface area contributed by atoms with Crippen LogP contribution in [-0.2, 0) is 0 Å². The average molecular weight is 173 g/mol. The molecule has 0 aromatic rings. The van der Waals surface area contributed by atoms with Crippen LogP contribution in [0.5, 0.6) is 0 Å². The molecule has 0 atom stereocenters. The molecular formula is C10H23NO. The Morgan fingerprint density at radius 2 is 1.50 bits per heavy atom. The molecule has 0 radical (unpaired) electrons. The molecule has 0 saturated heterocycles. The van der Waals surface area contributed by atoms with Gasteiger partial charge in [-0.05, 0) is 39.7 Å². The summed E-state index contributed by atoms with van der Waals surface area (Å²) in [5, 5.41) is 9.64. The van der Waals surface area contributed by atoms with Crippen molar-refractivity contribution in [1.82, 2.24) is 0 Å². The Morgan fingerprint density at radius 1 is 1.08 bits per heavy atom. The Kier molecular flexibility index (Phi) is 5.51. The summed E-state index contributed by atoms with van der Waals surface area (Å²) in [5.41, 5.74) is 4.07. The predicted octanol–water partition coefficient (Wildman–Crippen LogP) is 1.91. The van der Waals surface area contributed by atoms with E-state index in [1.807, 2.05) is 13.8 Å². The highest BCUT2D eigenvalue weighted by Crippen LogP contribution is 2.31. The second-order valence-electron chi connectivity index (χ2n) is 3.99. The van der Waals surface area contributed by atoms with Crippen LogP contribution < -0.4 is 5.73 Å². The molecule has 2 nitrogen and oxygen atoms in total. The van der Waals surface area contributed by atoms with Crippen LogP contribution in [0.15, 0.2) is 0 Å². The minimum atomic E-state index is -0.430. The van der Waals surface area contributed by atoms with Crippen LogP contribution in [0.2, 0.25) is 0 Å². The quantitative estimate of drug-likeness (QED) is 0.636. The molecule has 12 heavy (non-hydrogen) atoms. The third kappa shape index (κ3) is 4.07. The zero-order chi connectivity index (χ0) is 9.61. The first-order valence-corrected chi connectivity index (χ1v) is 4.91. The Bertz CT molecular complexity index is 101. The SMILES string of the molecule is CC(C)(O)C1CCCCC1.CN. The molecule has 1 saturated carbocycles. The number of nitrogens with two attached hydrogens (primary N) is 1. The predicted molar refractivity (Wildman–Crippen MR) is 53.0 cm³/mol. The summed E-state index contributed by atoms with van der Waals surface area (Å²) >= 11 is 0. The monoisotopic (exact) mass is 173 g/mol. The van der Waals surface area contributed by atoms with E-state index in [0.717, 1.165) is 0 Å². The van der Waals surface area contributed by atoms with Crippen molar-refractivity contribution in [2.75, 3.05) is 7.05 Å². The van der Waals surface area contributed by atoms with Gasteiger partial charge in [-0.15, -0.1) is 0 Å². The van der Waals surface area contributed by atoms with E-state index in [2.05, 4.69) is 5.73 Å². The first-order valence-electron chi connectivity index (χ1n) is 4.91. The molecule has 0 amide bonds. The summed E-state index contributed by atoms with van der Waals surface area (Å²) in [6, 6.07) is 0. The second kappa shape index (κ2) is 5.55. The maximum atomic E-state index is 9.64. The molecule has 1 aliphatic carbocycles. The third-order valence-electron chi connectivity index (χ3n) is 2.60. The average Bonchev–Trinajstić information content (AvgIpc) is 2.08. The summed E-state index contributed by atoms with van der Waals surface area (Å²) in [6.07, 6.45) is 6.45. The lowest BCUT2D eigenvalue weighted by atomic mass is 9.79. The number of rotatable bonds is 1. The highest BCUT2D eigenvalue weighted by Gasteiger charge is 2.27. The summed E-state index contributed by atoms with van der Waals surface area (Å²) in [7, 11) is 1.50. The highest BCUT2D eigenvalue weighted by molar-refractivity contribution is 4.79. The normalized spacial score (nSPS) is 19.8. The van der Waals surface area contributed by atoms with E-state index in [0.29, 0.717) is 5.92 Å². The van der Waals surface area contributed by atoms with Crippen LogP contribution in [0, 0.1) is 5.92 Å². The molecule has 3 N–H and O–H groups in total. The maximum Gasteiger partial charge on any atom is 0.0619 e. The zero-order valence-electron chi connectivity index (χ0n) is 8.64. The molecular weight excluding hydrogens is 150 g/mol. The van der Waals surface area contributed by atoms with E-state index in [9.17, 15) is 5.11 Å². The van der Waals surface area contributed by atoms with Crippen molar-refractivity contribution in [2.45, 2.75) is 51.6 Å². The van der Waals surface area contributed by atoms with Crippen molar-refractivity contribution < 1.29 is 5.11 Å². The Morgan fingerprint density at radius 3 is 1.75 bits per heavy atom. The van der Waals surface area contributed by atoms with Crippen LogP contribution >= 0.6 is 0 Å². The van der Waals surface area contributed by atoms with Gasteiger partial charge < -0.3 is 10.8 Å². The minimum absolute atomic E-state index is 0.430. The maximum absolute atomic E-state index is 9.64. The molecule has 0 aromatic carbocycles. The summed E-state index contributed by atoms with van der Waals surface area (Å²) in [6.45, 7) is 3.87. The van der Waals surface area contributed by atoms with Crippen molar-refractivity contribution in [3.05, 3.63) is 0 Å². The summed E-state index contributed by atoms with van der Waals surface area (Å²) in [4.78, 5) is 0. The third-order valence-corrected chi connectivity index (χ3v) is 2.60. The van der Waals surface area contributed by atoms with Crippen molar-refractivity contribution in [3.63, 3.8) is 0 Å². The first-order chi connectivity index (χ1) is 5.61. The molecule has 1 fully saturated rings. The zero-order valence-corrected chi connectivity index (χ0v) is 8.64. The van der Waals surface area contributed by atoms with Crippen molar-refractivity contribution in [1.29, 1.82) is 0 Å². The second-order valence-corrected chi connectivity index (χ2v) is 3.99. The van der Waals surface area contributed by atoms with Gasteiger partial charge in [-0.1, -0.05) is 19.3 Å². The highest BCUT2D eigenvalue weighted by atomic mass is 16.3. The molecule has 0 aliphatic heterocycles. The van der Waals surface area contributed by atoms with Crippen molar-refractivity contribution in [2.24, 2.45) is 11.7 Å². The van der Waals surface area contributed by atoms with Gasteiger partial charge in [-0.3, -0.25) is 0 Å². The minimum Gasteiger partial charge on any atom is -0.390 e. The molecule has 0 aromatic heterocycles. The fraction of sp³-hybridized carbons (Fsp3) is 1.00. The van der Waals surface area contributed by atoms with E-state index < -0.39 is 5.60 Å². The fourth-order valence-corrected chi connectivity index (χ4v) is 1.81. The van der Waals surface area contributed by atoms with E-state index >= 15 is 0 Å². The van der Waals surface area contributed by atoms with Gasteiger partial charge in [0, 0.05) is 0 Å². The smallest absolute Gasteiger partial charge is 0.0619 e. The lowest BCUT2D eigenvalue weighted by Gasteiger charge is -2.32. The summed E-state index contributed by atoms with van der Waals surface area (Å²) < 4.78 is 0. The summed E-state index contributed by atoms with van der Waals surface area (Å²) in [5.74, 6) is 0.557. The van der Waals surface area contributed by atoms with Gasteiger partial charge in [-0.25, -0.2) is 0 Å². The van der Waals surface area contributed by atoms with Crippen LogP contribution in [0.4, 0.5) is 0 Å². The molecule has 0 bridgehead atoms. The van der Waals surface area contributed by atoms with Gasteiger partial charge >= 0.3 is 0 Å². The largest absolute Gasteiger partial charge is 0.390 e. The lowest BCUT2D eigenvalue weighted by molar-refractivity contribution is 0.000835. The topological polar surface area (TPSA) is 46.2 Å². The van der Waals surface area contributed by atoms with Gasteiger partial charge in [0.15, 0.2) is 0 Å². The van der Waals surface area contributed by atoms with Gasteiger partial charge in [0.05, 0.1) is 5.60 Å². The molecule has 1 aliphatic rings. The molecule has 0 heterocycles. The van der Waals surface area contributed by atoms with E-state index in [4.69, 9.17) is 0 Å². The van der Waals surface area contributed by atoms with Crippen LogP contribution in [0.1, 0.15) is 46.0 Å². The standard InChI is InChI=1S/C9H18O.CH5N/c1-9(2,10)8-6-4-3-5-7-8;1-2/h8,10H,3-7H2,1-2H3;2H2,1H3. The Labute approximate surface area is 76.2 Å². The van der Waals surface area contributed by atoms with Crippen molar-refractivity contribution in [3.8, 4) is 0 Å². The fourth-order valence-electron chi connectivity index (χ4n) is 1.81. The Balaban J connectivity index is 0.000000561. The van der Waals surface area contributed by atoms with E-state index in [1.165, 1.54) is 39.2 Å². The molecule has 0 unspecified atom stereocenters. The number of aliphatic hydroxyl groups is 1. The Hall–Kier alpha value is -0.0800. The molecule has 0 spiro atoms.